The molecule has 0 spiro atoms. The zero-order valence-electron chi connectivity index (χ0n) is 8.89. The second-order valence-electron chi connectivity index (χ2n) is 4.95. The molecule has 2 aliphatic rings. The largest absolute Gasteiger partial charge is 0.313 e. The topological polar surface area (TPSA) is 12.0 Å². The van der Waals surface area contributed by atoms with Crippen LogP contribution in [0, 0.1) is 11.8 Å². The van der Waals surface area contributed by atoms with E-state index in [9.17, 15) is 0 Å². The van der Waals surface area contributed by atoms with E-state index in [1.165, 1.54) is 51.5 Å². The average Bonchev–Trinajstić information content (AvgIpc) is 2.66. The van der Waals surface area contributed by atoms with E-state index in [-0.39, 0.29) is 0 Å². The van der Waals surface area contributed by atoms with Gasteiger partial charge in [0.2, 0.25) is 0 Å². The van der Waals surface area contributed by atoms with Gasteiger partial charge >= 0.3 is 0 Å². The minimum atomic E-state index is 0.903. The van der Waals surface area contributed by atoms with Crippen molar-refractivity contribution in [3.63, 3.8) is 0 Å². The minimum absolute atomic E-state index is 0.903. The summed E-state index contributed by atoms with van der Waals surface area (Å²) in [5, 5.41) is 3.73. The molecule has 0 aromatic carbocycles. The number of nitrogens with one attached hydrogen (secondary N) is 1. The first kappa shape index (κ1) is 9.51. The minimum Gasteiger partial charge on any atom is -0.313 e. The molecule has 1 N–H and O–H groups in total. The second-order valence-corrected chi connectivity index (χ2v) is 4.95. The Labute approximate surface area is 82.3 Å². The molecule has 2 unspecified atom stereocenters. The molecule has 0 saturated heterocycles. The summed E-state index contributed by atoms with van der Waals surface area (Å²) >= 11 is 0. The molecule has 0 aromatic rings. The summed E-state index contributed by atoms with van der Waals surface area (Å²) in [7, 11) is 0. The summed E-state index contributed by atoms with van der Waals surface area (Å²) in [6.45, 7) is 3.61. The summed E-state index contributed by atoms with van der Waals surface area (Å²) in [5.41, 5.74) is 0. The summed E-state index contributed by atoms with van der Waals surface area (Å²) in [6.07, 6.45) is 10.2. The predicted molar refractivity (Wildman–Crippen MR) is 56.8 cm³/mol. The summed E-state index contributed by atoms with van der Waals surface area (Å²) < 4.78 is 0. The van der Waals surface area contributed by atoms with Gasteiger partial charge in [-0.2, -0.15) is 0 Å². The Morgan fingerprint density at radius 3 is 2.69 bits per heavy atom. The third-order valence-corrected chi connectivity index (χ3v) is 3.73. The molecule has 0 bridgehead atoms. The highest BCUT2D eigenvalue weighted by Crippen LogP contribution is 2.35. The highest BCUT2D eigenvalue weighted by Gasteiger charge is 2.35. The van der Waals surface area contributed by atoms with Crippen LogP contribution in [0.5, 0.6) is 0 Å². The first-order valence-corrected chi connectivity index (χ1v) is 6.13. The third-order valence-electron chi connectivity index (χ3n) is 3.73. The van der Waals surface area contributed by atoms with Crippen LogP contribution in [0.4, 0.5) is 0 Å². The fraction of sp³-hybridized carbons (Fsp3) is 1.00. The predicted octanol–water partition coefficient (Wildman–Crippen LogP) is 2.95. The Morgan fingerprint density at radius 1 is 1.23 bits per heavy atom. The average molecular weight is 181 g/mol. The molecule has 13 heavy (non-hydrogen) atoms. The maximum absolute atomic E-state index is 3.73. The summed E-state index contributed by atoms with van der Waals surface area (Å²) in [4.78, 5) is 0. The maximum Gasteiger partial charge on any atom is 0.00992 e. The number of rotatable bonds is 5. The fourth-order valence-electron chi connectivity index (χ4n) is 2.72. The highest BCUT2D eigenvalue weighted by molar-refractivity contribution is 4.93. The van der Waals surface area contributed by atoms with Crippen LogP contribution in [0.15, 0.2) is 0 Å². The van der Waals surface area contributed by atoms with Crippen LogP contribution in [-0.2, 0) is 0 Å². The van der Waals surface area contributed by atoms with Crippen molar-refractivity contribution in [1.82, 2.24) is 5.32 Å². The van der Waals surface area contributed by atoms with Crippen molar-refractivity contribution in [2.24, 2.45) is 11.8 Å². The van der Waals surface area contributed by atoms with Gasteiger partial charge in [0.1, 0.15) is 0 Å². The van der Waals surface area contributed by atoms with E-state index in [0.29, 0.717) is 0 Å². The first-order valence-electron chi connectivity index (χ1n) is 6.13. The van der Waals surface area contributed by atoms with Crippen LogP contribution < -0.4 is 5.32 Å². The zero-order valence-corrected chi connectivity index (χ0v) is 8.89. The Morgan fingerprint density at radius 2 is 2.00 bits per heavy atom. The van der Waals surface area contributed by atoms with Crippen molar-refractivity contribution in [2.45, 2.75) is 57.9 Å². The van der Waals surface area contributed by atoms with Crippen molar-refractivity contribution in [1.29, 1.82) is 0 Å². The van der Waals surface area contributed by atoms with Crippen LogP contribution in [-0.4, -0.2) is 12.6 Å². The van der Waals surface area contributed by atoms with Crippen LogP contribution in [0.25, 0.3) is 0 Å². The van der Waals surface area contributed by atoms with Crippen molar-refractivity contribution < 1.29 is 0 Å². The molecule has 0 aliphatic heterocycles. The maximum atomic E-state index is 3.73. The molecule has 0 amide bonds. The van der Waals surface area contributed by atoms with Crippen LogP contribution in [0.3, 0.4) is 0 Å². The monoisotopic (exact) mass is 181 g/mol. The number of hydrogen-bond donors (Lipinski definition) is 1. The molecular formula is C12H23N. The van der Waals surface area contributed by atoms with E-state index in [2.05, 4.69) is 12.2 Å². The lowest BCUT2D eigenvalue weighted by Crippen LogP contribution is -2.24. The molecule has 2 saturated carbocycles. The van der Waals surface area contributed by atoms with Gasteiger partial charge in [0.25, 0.3) is 0 Å². The van der Waals surface area contributed by atoms with Gasteiger partial charge in [-0.15, -0.1) is 0 Å². The molecule has 0 heterocycles. The van der Waals surface area contributed by atoms with E-state index >= 15 is 0 Å². The Bertz CT molecular complexity index is 149. The molecule has 2 fully saturated rings. The van der Waals surface area contributed by atoms with Crippen LogP contribution >= 0.6 is 0 Å². The molecule has 2 rings (SSSR count). The van der Waals surface area contributed by atoms with Gasteiger partial charge in [-0.25, -0.2) is 0 Å². The molecule has 2 aliphatic carbocycles. The number of hydrogen-bond acceptors (Lipinski definition) is 1. The second kappa shape index (κ2) is 4.45. The van der Waals surface area contributed by atoms with Gasteiger partial charge in [0.05, 0.1) is 0 Å². The highest BCUT2D eigenvalue weighted by atomic mass is 15.0. The molecule has 0 aromatic heterocycles. The van der Waals surface area contributed by atoms with Crippen LogP contribution in [0.2, 0.25) is 0 Å². The van der Waals surface area contributed by atoms with E-state index in [1.807, 2.05) is 0 Å². The van der Waals surface area contributed by atoms with Gasteiger partial charge in [0.15, 0.2) is 0 Å². The summed E-state index contributed by atoms with van der Waals surface area (Å²) in [5.74, 6) is 2.05. The van der Waals surface area contributed by atoms with Gasteiger partial charge in [-0.3, -0.25) is 0 Å². The van der Waals surface area contributed by atoms with Crippen molar-refractivity contribution in [3.05, 3.63) is 0 Å². The SMILES string of the molecule is CCCC1CC1NCC1CCCC1. The molecule has 1 heteroatoms. The Hall–Kier alpha value is -0.0400. The smallest absolute Gasteiger partial charge is 0.00992 e. The lowest BCUT2D eigenvalue weighted by atomic mass is 10.1. The third kappa shape index (κ3) is 2.70. The van der Waals surface area contributed by atoms with E-state index in [1.54, 1.807) is 0 Å². The quantitative estimate of drug-likeness (QED) is 0.687. The molecular weight excluding hydrogens is 158 g/mol. The van der Waals surface area contributed by atoms with Crippen LogP contribution in [0.1, 0.15) is 51.9 Å². The van der Waals surface area contributed by atoms with Gasteiger partial charge in [-0.05, 0) is 44.1 Å². The normalized spacial score (nSPS) is 33.9. The Kier molecular flexibility index (Phi) is 3.26. The molecule has 1 nitrogen and oxygen atoms in total. The summed E-state index contributed by atoms with van der Waals surface area (Å²) in [6, 6.07) is 0.903. The molecule has 76 valence electrons. The van der Waals surface area contributed by atoms with Gasteiger partial charge < -0.3 is 5.32 Å². The molecule has 2 atom stereocenters. The lowest BCUT2D eigenvalue weighted by Gasteiger charge is -2.09. The standard InChI is InChI=1S/C12H23N/c1-2-5-11-8-12(11)13-9-10-6-3-4-7-10/h10-13H,2-9H2,1H3. The lowest BCUT2D eigenvalue weighted by molar-refractivity contribution is 0.474. The van der Waals surface area contributed by atoms with E-state index < -0.39 is 0 Å². The van der Waals surface area contributed by atoms with Crippen molar-refractivity contribution in [2.75, 3.05) is 6.54 Å². The Balaban J connectivity index is 1.54. The van der Waals surface area contributed by atoms with Crippen molar-refractivity contribution >= 4 is 0 Å². The van der Waals surface area contributed by atoms with Gasteiger partial charge in [0, 0.05) is 6.04 Å². The fourth-order valence-corrected chi connectivity index (χ4v) is 2.72. The zero-order chi connectivity index (χ0) is 9.10. The van der Waals surface area contributed by atoms with E-state index in [0.717, 1.165) is 17.9 Å². The molecule has 0 radical (unpaired) electrons. The van der Waals surface area contributed by atoms with E-state index in [4.69, 9.17) is 0 Å². The van der Waals surface area contributed by atoms with Crippen molar-refractivity contribution in [3.8, 4) is 0 Å². The first-order chi connectivity index (χ1) is 6.40. The van der Waals surface area contributed by atoms with Gasteiger partial charge in [-0.1, -0.05) is 26.2 Å².